The molecule has 0 fully saturated rings. The number of anilines is 1. The third kappa shape index (κ3) is 2.31. The molecular formula is C11H13FN2S. The molecule has 0 radical (unpaired) electrons. The van der Waals surface area contributed by atoms with Crippen LogP contribution in [0.4, 0.5) is 10.1 Å². The van der Waals surface area contributed by atoms with Crippen molar-refractivity contribution in [2.45, 2.75) is 19.9 Å². The van der Waals surface area contributed by atoms with E-state index in [0.717, 1.165) is 16.5 Å². The van der Waals surface area contributed by atoms with Crippen LogP contribution in [0.2, 0.25) is 0 Å². The molecule has 0 aromatic heterocycles. The first-order valence-electron chi connectivity index (χ1n) is 4.89. The van der Waals surface area contributed by atoms with Gasteiger partial charge < -0.3 is 5.32 Å². The molecule has 80 valence electrons. The number of amidine groups is 1. The van der Waals surface area contributed by atoms with Gasteiger partial charge in [0, 0.05) is 5.75 Å². The van der Waals surface area contributed by atoms with E-state index in [1.807, 2.05) is 13.0 Å². The highest BCUT2D eigenvalue weighted by atomic mass is 32.2. The van der Waals surface area contributed by atoms with Crippen molar-refractivity contribution in [3.63, 3.8) is 0 Å². The molecule has 1 aromatic carbocycles. The molecule has 0 saturated heterocycles. The molecule has 1 aliphatic rings. The first-order chi connectivity index (χ1) is 7.16. The van der Waals surface area contributed by atoms with E-state index in [-0.39, 0.29) is 5.82 Å². The predicted octanol–water partition coefficient (Wildman–Crippen LogP) is 3.04. The first kappa shape index (κ1) is 10.5. The van der Waals surface area contributed by atoms with Gasteiger partial charge in [-0.3, -0.25) is 4.99 Å². The Labute approximate surface area is 93.0 Å². The molecule has 1 atom stereocenters. The maximum Gasteiger partial charge on any atom is 0.161 e. The summed E-state index contributed by atoms with van der Waals surface area (Å²) in [5.41, 5.74) is 1.44. The van der Waals surface area contributed by atoms with Crippen molar-refractivity contribution < 1.29 is 4.39 Å². The summed E-state index contributed by atoms with van der Waals surface area (Å²) in [7, 11) is 0. The van der Waals surface area contributed by atoms with E-state index in [2.05, 4.69) is 17.2 Å². The number of hydrogen-bond acceptors (Lipinski definition) is 3. The first-order valence-corrected chi connectivity index (χ1v) is 5.88. The van der Waals surface area contributed by atoms with Gasteiger partial charge in [-0.2, -0.15) is 0 Å². The third-order valence-corrected chi connectivity index (χ3v) is 3.38. The van der Waals surface area contributed by atoms with Gasteiger partial charge in [-0.25, -0.2) is 4.39 Å². The van der Waals surface area contributed by atoms with Crippen molar-refractivity contribution in [1.29, 1.82) is 0 Å². The fraction of sp³-hybridized carbons (Fsp3) is 0.364. The zero-order valence-corrected chi connectivity index (χ0v) is 9.57. The number of thioether (sulfide) groups is 1. The molecule has 1 aromatic rings. The molecule has 0 bridgehead atoms. The van der Waals surface area contributed by atoms with Crippen LogP contribution in [0, 0.1) is 12.7 Å². The lowest BCUT2D eigenvalue weighted by Gasteiger charge is -2.09. The number of halogens is 1. The lowest BCUT2D eigenvalue weighted by molar-refractivity contribution is 0.631. The molecule has 2 nitrogen and oxygen atoms in total. The molecule has 1 aliphatic heterocycles. The maximum atomic E-state index is 13.5. The SMILES string of the molecule is Cc1cccc(F)c1NC1=NC(C)CS1. The van der Waals surface area contributed by atoms with Gasteiger partial charge in [-0.05, 0) is 25.5 Å². The van der Waals surface area contributed by atoms with Crippen LogP contribution in [0.5, 0.6) is 0 Å². The zero-order chi connectivity index (χ0) is 10.8. The summed E-state index contributed by atoms with van der Waals surface area (Å²) in [6.07, 6.45) is 0. The van der Waals surface area contributed by atoms with Crippen LogP contribution in [-0.2, 0) is 0 Å². The van der Waals surface area contributed by atoms with Gasteiger partial charge in [0.1, 0.15) is 5.82 Å². The van der Waals surface area contributed by atoms with E-state index in [1.54, 1.807) is 17.8 Å². The number of nitrogens with one attached hydrogen (secondary N) is 1. The molecule has 0 aliphatic carbocycles. The second kappa shape index (κ2) is 4.23. The Morgan fingerprint density at radius 1 is 1.53 bits per heavy atom. The highest BCUT2D eigenvalue weighted by molar-refractivity contribution is 8.14. The lowest BCUT2D eigenvalue weighted by Crippen LogP contribution is -2.08. The lowest BCUT2D eigenvalue weighted by atomic mass is 10.2. The Balaban J connectivity index is 2.21. The van der Waals surface area contributed by atoms with Crippen molar-refractivity contribution in [2.75, 3.05) is 11.1 Å². The van der Waals surface area contributed by atoms with Crippen LogP contribution in [0.1, 0.15) is 12.5 Å². The van der Waals surface area contributed by atoms with Gasteiger partial charge in [0.25, 0.3) is 0 Å². The summed E-state index contributed by atoms with van der Waals surface area (Å²) in [4.78, 5) is 4.37. The van der Waals surface area contributed by atoms with Gasteiger partial charge in [-0.15, -0.1) is 0 Å². The smallest absolute Gasteiger partial charge is 0.161 e. The summed E-state index contributed by atoms with van der Waals surface area (Å²) in [5, 5.41) is 3.86. The molecule has 2 rings (SSSR count). The van der Waals surface area contributed by atoms with Crippen molar-refractivity contribution in [3.8, 4) is 0 Å². The number of aryl methyl sites for hydroxylation is 1. The van der Waals surface area contributed by atoms with E-state index in [4.69, 9.17) is 0 Å². The van der Waals surface area contributed by atoms with Gasteiger partial charge in [-0.1, -0.05) is 23.9 Å². The second-order valence-corrected chi connectivity index (χ2v) is 4.66. The van der Waals surface area contributed by atoms with Crippen LogP contribution >= 0.6 is 11.8 Å². The van der Waals surface area contributed by atoms with Crippen molar-refractivity contribution in [2.24, 2.45) is 4.99 Å². The van der Waals surface area contributed by atoms with Gasteiger partial charge >= 0.3 is 0 Å². The minimum atomic E-state index is -0.224. The second-order valence-electron chi connectivity index (χ2n) is 3.65. The van der Waals surface area contributed by atoms with E-state index in [1.165, 1.54) is 6.07 Å². The largest absolute Gasteiger partial charge is 0.332 e. The van der Waals surface area contributed by atoms with Crippen LogP contribution in [-0.4, -0.2) is 17.0 Å². The topological polar surface area (TPSA) is 24.4 Å². The van der Waals surface area contributed by atoms with Gasteiger partial charge in [0.05, 0.1) is 11.7 Å². The summed E-state index contributed by atoms with van der Waals surface area (Å²) in [6, 6.07) is 5.38. The molecular weight excluding hydrogens is 211 g/mol. The number of rotatable bonds is 1. The number of aliphatic imine (C=N–C) groups is 1. The summed E-state index contributed by atoms with van der Waals surface area (Å²) < 4.78 is 13.5. The molecule has 1 N–H and O–H groups in total. The highest BCUT2D eigenvalue weighted by Gasteiger charge is 2.15. The molecule has 0 amide bonds. The van der Waals surface area contributed by atoms with Crippen LogP contribution < -0.4 is 5.32 Å². The molecule has 4 heteroatoms. The fourth-order valence-corrected chi connectivity index (χ4v) is 2.34. The average molecular weight is 224 g/mol. The minimum absolute atomic E-state index is 0.224. The fourth-order valence-electron chi connectivity index (χ4n) is 1.44. The predicted molar refractivity (Wildman–Crippen MR) is 64.1 cm³/mol. The van der Waals surface area contributed by atoms with E-state index >= 15 is 0 Å². The Morgan fingerprint density at radius 3 is 2.93 bits per heavy atom. The third-order valence-electron chi connectivity index (χ3n) is 2.25. The molecule has 0 spiro atoms. The van der Waals surface area contributed by atoms with Gasteiger partial charge in [0.15, 0.2) is 5.17 Å². The number of hydrogen-bond donors (Lipinski definition) is 1. The van der Waals surface area contributed by atoms with E-state index < -0.39 is 0 Å². The molecule has 15 heavy (non-hydrogen) atoms. The zero-order valence-electron chi connectivity index (χ0n) is 8.75. The van der Waals surface area contributed by atoms with E-state index in [0.29, 0.717) is 11.7 Å². The van der Waals surface area contributed by atoms with Crippen molar-refractivity contribution in [1.82, 2.24) is 0 Å². The Hall–Kier alpha value is -1.03. The van der Waals surface area contributed by atoms with Crippen LogP contribution in [0.15, 0.2) is 23.2 Å². The molecule has 1 unspecified atom stereocenters. The quantitative estimate of drug-likeness (QED) is 0.793. The monoisotopic (exact) mass is 224 g/mol. The van der Waals surface area contributed by atoms with E-state index in [9.17, 15) is 4.39 Å². The number of para-hydroxylation sites is 1. The molecule has 0 saturated carbocycles. The summed E-state index contributed by atoms with van der Waals surface area (Å²) in [6.45, 7) is 3.94. The Morgan fingerprint density at radius 2 is 2.33 bits per heavy atom. The Kier molecular flexibility index (Phi) is 2.95. The van der Waals surface area contributed by atoms with Gasteiger partial charge in [0.2, 0.25) is 0 Å². The minimum Gasteiger partial charge on any atom is -0.332 e. The normalized spacial score (nSPS) is 20.2. The van der Waals surface area contributed by atoms with Crippen molar-refractivity contribution >= 4 is 22.6 Å². The van der Waals surface area contributed by atoms with Crippen LogP contribution in [0.25, 0.3) is 0 Å². The standard InChI is InChI=1S/C11H13FN2S/c1-7-4-3-5-9(12)10(7)14-11-13-8(2)6-15-11/h3-5,8H,6H2,1-2H3,(H,13,14). The van der Waals surface area contributed by atoms with Crippen LogP contribution in [0.3, 0.4) is 0 Å². The Bertz CT molecular complexity index is 383. The number of benzene rings is 1. The summed E-state index contributed by atoms with van der Waals surface area (Å²) in [5.74, 6) is 0.744. The average Bonchev–Trinajstić information content (AvgIpc) is 2.58. The maximum absolute atomic E-state index is 13.5. The summed E-state index contributed by atoms with van der Waals surface area (Å²) >= 11 is 1.63. The molecule has 1 heterocycles. The highest BCUT2D eigenvalue weighted by Crippen LogP contribution is 2.24. The number of nitrogens with zero attached hydrogens (tertiary/aromatic N) is 1. The van der Waals surface area contributed by atoms with Crippen molar-refractivity contribution in [3.05, 3.63) is 29.6 Å².